The highest BCUT2D eigenvalue weighted by atomic mass is 31.2. The van der Waals surface area contributed by atoms with Crippen molar-refractivity contribution in [2.75, 3.05) is 40.9 Å². The van der Waals surface area contributed by atoms with E-state index in [0.717, 1.165) is 4.57 Å². The number of likely N-dealkylation sites (N-methyl/N-ethyl adjacent to an activating group) is 1. The molecule has 0 saturated carbocycles. The number of rotatable bonds is 5. The Bertz CT molecular complexity index is 719. The lowest BCUT2D eigenvalue weighted by Gasteiger charge is -2.35. The molecule has 25 heavy (non-hydrogen) atoms. The molecule has 11 heteroatoms. The molecule has 0 radical (unpaired) electrons. The standard InChI is InChI=1S/C14H22N3O7P/c1-17(2,3)7-8-21-25(20)22-9-10-12(24-25)11(18)13(23-10)16-6-4-5-15-14(16)19/h4-6,10-13H,7-9H2,1-3H3/t10-,11?,12-,13-,25?/m1/s1. The Balaban J connectivity index is 1.68. The fourth-order valence-corrected chi connectivity index (χ4v) is 3.98. The van der Waals surface area contributed by atoms with Crippen molar-refractivity contribution >= 4 is 7.82 Å². The molecular weight excluding hydrogens is 353 g/mol. The first-order chi connectivity index (χ1) is 11.7. The molecule has 2 saturated heterocycles. The van der Waals surface area contributed by atoms with Gasteiger partial charge in [0.15, 0.2) is 0 Å². The summed E-state index contributed by atoms with van der Waals surface area (Å²) in [5, 5.41) is 12.6. The third kappa shape index (κ3) is 4.17. The average molecular weight is 375 g/mol. The van der Waals surface area contributed by atoms with E-state index in [-0.39, 0.29) is 13.2 Å². The van der Waals surface area contributed by atoms with E-state index in [2.05, 4.69) is 4.98 Å². The van der Waals surface area contributed by atoms with Crippen LogP contribution in [-0.2, 0) is 22.9 Å². The molecule has 1 aromatic rings. The third-order valence-corrected chi connectivity index (χ3v) is 5.42. The third-order valence-electron chi connectivity index (χ3n) is 3.96. The molecule has 2 aliphatic rings. The summed E-state index contributed by atoms with van der Waals surface area (Å²) in [4.78, 5) is 15.4. The van der Waals surface area contributed by atoms with Crippen LogP contribution in [-0.4, -0.2) is 73.2 Å². The number of ether oxygens (including phenoxy) is 1. The highest BCUT2D eigenvalue weighted by Crippen LogP contribution is 2.56. The van der Waals surface area contributed by atoms with Crippen LogP contribution in [0.15, 0.2) is 23.3 Å². The number of nitrogens with zero attached hydrogens (tertiary/aromatic N) is 3. The zero-order chi connectivity index (χ0) is 18.2. The SMILES string of the molecule is C[N+](C)(C)CCOP1(=O)OC[C@H]2O[C@@H](n3cccnc3=O)C([O-])[C@@H]2O1. The Kier molecular flexibility index (Phi) is 5.13. The van der Waals surface area contributed by atoms with Gasteiger partial charge in [-0.1, -0.05) is 0 Å². The summed E-state index contributed by atoms with van der Waals surface area (Å²) < 4.78 is 35.7. The number of quaternary nitrogens is 1. The summed E-state index contributed by atoms with van der Waals surface area (Å²) in [5.41, 5.74) is -0.602. The predicted molar refractivity (Wildman–Crippen MR) is 83.5 cm³/mol. The van der Waals surface area contributed by atoms with E-state index in [1.807, 2.05) is 21.1 Å². The van der Waals surface area contributed by atoms with Crippen LogP contribution < -0.4 is 10.8 Å². The largest absolute Gasteiger partial charge is 0.847 e. The second kappa shape index (κ2) is 6.88. The van der Waals surface area contributed by atoms with Crippen molar-refractivity contribution in [3.8, 4) is 0 Å². The van der Waals surface area contributed by atoms with E-state index >= 15 is 0 Å². The van der Waals surface area contributed by atoms with Crippen molar-refractivity contribution < 1.29 is 32.5 Å². The summed E-state index contributed by atoms with van der Waals surface area (Å²) in [6.07, 6.45) is -1.55. The lowest BCUT2D eigenvalue weighted by atomic mass is 10.1. The zero-order valence-corrected chi connectivity index (χ0v) is 15.2. The lowest BCUT2D eigenvalue weighted by Crippen LogP contribution is -2.47. The first-order valence-electron chi connectivity index (χ1n) is 7.91. The molecule has 3 heterocycles. The van der Waals surface area contributed by atoms with E-state index in [1.165, 1.54) is 18.5 Å². The van der Waals surface area contributed by atoms with Crippen molar-refractivity contribution in [3.63, 3.8) is 0 Å². The Morgan fingerprint density at radius 2 is 2.24 bits per heavy atom. The number of phosphoric acid groups is 1. The smallest absolute Gasteiger partial charge is 0.475 e. The molecule has 2 aliphatic heterocycles. The van der Waals surface area contributed by atoms with Gasteiger partial charge in [0, 0.05) is 12.4 Å². The van der Waals surface area contributed by atoms with Crippen LogP contribution in [0.4, 0.5) is 0 Å². The minimum absolute atomic E-state index is 0.101. The molecule has 5 atom stereocenters. The molecule has 0 spiro atoms. The van der Waals surface area contributed by atoms with Gasteiger partial charge in [-0.3, -0.25) is 18.1 Å². The molecule has 0 aromatic carbocycles. The minimum Gasteiger partial charge on any atom is -0.847 e. The van der Waals surface area contributed by atoms with Crippen LogP contribution in [0.5, 0.6) is 0 Å². The molecule has 1 aromatic heterocycles. The molecule has 10 nitrogen and oxygen atoms in total. The maximum Gasteiger partial charge on any atom is 0.475 e. The van der Waals surface area contributed by atoms with Crippen LogP contribution in [0.3, 0.4) is 0 Å². The van der Waals surface area contributed by atoms with Crippen molar-refractivity contribution in [1.82, 2.24) is 9.55 Å². The summed E-state index contributed by atoms with van der Waals surface area (Å²) in [5.74, 6) is 0. The molecule has 140 valence electrons. The highest BCUT2D eigenvalue weighted by Gasteiger charge is 2.49. The molecule has 0 aliphatic carbocycles. The van der Waals surface area contributed by atoms with Gasteiger partial charge >= 0.3 is 13.5 Å². The van der Waals surface area contributed by atoms with Gasteiger partial charge in [0.25, 0.3) is 0 Å². The van der Waals surface area contributed by atoms with Crippen molar-refractivity contribution in [1.29, 1.82) is 0 Å². The first-order valence-corrected chi connectivity index (χ1v) is 9.37. The van der Waals surface area contributed by atoms with Crippen LogP contribution in [0.25, 0.3) is 0 Å². The monoisotopic (exact) mass is 375 g/mol. The highest BCUT2D eigenvalue weighted by molar-refractivity contribution is 7.48. The van der Waals surface area contributed by atoms with E-state index < -0.39 is 38.1 Å². The van der Waals surface area contributed by atoms with Crippen LogP contribution in [0.2, 0.25) is 0 Å². The van der Waals surface area contributed by atoms with E-state index in [9.17, 15) is 14.5 Å². The topological polar surface area (TPSA) is 112 Å². The Labute approximate surface area is 145 Å². The van der Waals surface area contributed by atoms with E-state index in [1.54, 1.807) is 0 Å². The molecule has 3 rings (SSSR count). The van der Waals surface area contributed by atoms with Gasteiger partial charge in [-0.05, 0) is 12.2 Å². The number of fused-ring (bicyclic) bond motifs is 1. The fourth-order valence-electron chi connectivity index (χ4n) is 2.59. The lowest BCUT2D eigenvalue weighted by molar-refractivity contribution is -0.870. The van der Waals surface area contributed by atoms with Crippen LogP contribution >= 0.6 is 7.82 Å². The van der Waals surface area contributed by atoms with Gasteiger partial charge in [0.05, 0.1) is 33.9 Å². The molecule has 2 fully saturated rings. The summed E-state index contributed by atoms with van der Waals surface area (Å²) in [6, 6.07) is 1.52. The van der Waals surface area contributed by atoms with Crippen molar-refractivity contribution in [2.45, 2.75) is 24.5 Å². The number of hydrogen-bond donors (Lipinski definition) is 0. The normalized spacial score (nSPS) is 35.5. The maximum atomic E-state index is 12.6. The number of hydrogen-bond acceptors (Lipinski definition) is 8. The second-order valence-corrected chi connectivity index (χ2v) is 8.62. The van der Waals surface area contributed by atoms with Crippen LogP contribution in [0.1, 0.15) is 6.23 Å². The summed E-state index contributed by atoms with van der Waals surface area (Å²) in [7, 11) is 2.06. The van der Waals surface area contributed by atoms with Gasteiger partial charge in [-0.2, -0.15) is 0 Å². The zero-order valence-electron chi connectivity index (χ0n) is 14.3. The van der Waals surface area contributed by atoms with Gasteiger partial charge < -0.3 is 14.3 Å². The Morgan fingerprint density at radius 1 is 1.48 bits per heavy atom. The maximum absolute atomic E-state index is 12.6. The molecular formula is C14H22N3O7P. The number of phosphoric ester groups is 1. The summed E-state index contributed by atoms with van der Waals surface area (Å²) >= 11 is 0. The van der Waals surface area contributed by atoms with Gasteiger partial charge in [0.2, 0.25) is 0 Å². The molecule has 0 amide bonds. The van der Waals surface area contributed by atoms with Gasteiger partial charge in [-0.15, -0.1) is 0 Å². The number of aromatic nitrogens is 2. The van der Waals surface area contributed by atoms with Crippen LogP contribution in [0, 0.1) is 0 Å². The molecule has 0 N–H and O–H groups in total. The first kappa shape index (κ1) is 18.7. The minimum atomic E-state index is -3.83. The molecule has 0 bridgehead atoms. The molecule has 2 unspecified atom stereocenters. The Hall–Kier alpha value is -1.13. The predicted octanol–water partition coefficient (Wildman–Crippen LogP) is -0.884. The van der Waals surface area contributed by atoms with Gasteiger partial charge in [-0.25, -0.2) is 14.3 Å². The average Bonchev–Trinajstić information content (AvgIpc) is 2.83. The van der Waals surface area contributed by atoms with E-state index in [4.69, 9.17) is 18.3 Å². The van der Waals surface area contributed by atoms with Crippen molar-refractivity contribution in [3.05, 3.63) is 28.9 Å². The van der Waals surface area contributed by atoms with Crippen molar-refractivity contribution in [2.24, 2.45) is 0 Å². The van der Waals surface area contributed by atoms with E-state index in [0.29, 0.717) is 11.0 Å². The second-order valence-electron chi connectivity index (χ2n) is 7.00. The summed E-state index contributed by atoms with van der Waals surface area (Å²) in [6.45, 7) is 0.653. The quantitative estimate of drug-likeness (QED) is 0.482. The fraction of sp³-hybridized carbons (Fsp3) is 0.714. The Morgan fingerprint density at radius 3 is 2.92 bits per heavy atom. The van der Waals surface area contributed by atoms with Gasteiger partial charge in [0.1, 0.15) is 25.5 Å².